The zero-order valence-electron chi connectivity index (χ0n) is 14.3. The molecule has 0 aromatic heterocycles. The van der Waals surface area contributed by atoms with Gasteiger partial charge in [0.2, 0.25) is 0 Å². The highest BCUT2D eigenvalue weighted by molar-refractivity contribution is 7.91. The van der Waals surface area contributed by atoms with Gasteiger partial charge in [-0.2, -0.15) is 5.11 Å². The number of phenolic OH excluding ortho intramolecular Hbond substituents is 1. The van der Waals surface area contributed by atoms with Gasteiger partial charge in [-0.05, 0) is 42.8 Å². The summed E-state index contributed by atoms with van der Waals surface area (Å²) in [5.74, 6) is -0.0589. The first-order valence-electron chi connectivity index (χ1n) is 8.21. The summed E-state index contributed by atoms with van der Waals surface area (Å²) < 4.78 is 35.5. The van der Waals surface area contributed by atoms with Gasteiger partial charge in [0.25, 0.3) is 0 Å². The van der Waals surface area contributed by atoms with E-state index >= 15 is 0 Å². The normalized spacial score (nSPS) is 15.7. The first-order chi connectivity index (χ1) is 12.4. The highest BCUT2D eigenvalue weighted by atomic mass is 32.2. The second-order valence-corrected chi connectivity index (χ2v) is 8.08. The Morgan fingerprint density at radius 1 is 1.12 bits per heavy atom. The van der Waals surface area contributed by atoms with Crippen LogP contribution in [0.5, 0.6) is 5.75 Å². The molecule has 1 aliphatic heterocycles. The molecule has 3 rings (SSSR count). The van der Waals surface area contributed by atoms with Crippen LogP contribution in [0.2, 0.25) is 0 Å². The minimum absolute atomic E-state index is 0.0136. The molecule has 1 saturated heterocycles. The Morgan fingerprint density at radius 2 is 1.88 bits per heavy atom. The smallest absolute Gasteiger partial charge is 0.178 e. The number of ether oxygens (including phenoxy) is 2. The topological polar surface area (TPSA) is 97.6 Å². The van der Waals surface area contributed by atoms with E-state index in [1.54, 1.807) is 24.3 Å². The molecule has 0 spiro atoms. The van der Waals surface area contributed by atoms with Crippen molar-refractivity contribution >= 4 is 21.2 Å². The van der Waals surface area contributed by atoms with Crippen molar-refractivity contribution in [3.8, 4) is 5.75 Å². The molecule has 0 saturated carbocycles. The van der Waals surface area contributed by atoms with Crippen molar-refractivity contribution in [3.05, 3.63) is 48.0 Å². The molecule has 1 N–H and O–H groups in total. The highest BCUT2D eigenvalue weighted by Crippen LogP contribution is 2.29. The molecule has 0 atom stereocenters. The molecule has 0 radical (unpaired) electrons. The van der Waals surface area contributed by atoms with E-state index in [0.717, 1.165) is 5.56 Å². The number of hydrogen-bond donors (Lipinski definition) is 1. The Morgan fingerprint density at radius 3 is 2.65 bits per heavy atom. The lowest BCUT2D eigenvalue weighted by Gasteiger charge is -2.09. The molecular weight excluding hydrogens is 356 g/mol. The first kappa shape index (κ1) is 18.5. The van der Waals surface area contributed by atoms with Crippen LogP contribution in [-0.2, 0) is 19.3 Å². The fourth-order valence-corrected chi connectivity index (χ4v) is 3.83. The predicted molar refractivity (Wildman–Crippen MR) is 95.8 cm³/mol. The van der Waals surface area contributed by atoms with Crippen molar-refractivity contribution in [1.29, 1.82) is 0 Å². The number of benzene rings is 2. The third-order valence-corrected chi connectivity index (χ3v) is 5.64. The van der Waals surface area contributed by atoms with E-state index in [2.05, 4.69) is 10.2 Å². The van der Waals surface area contributed by atoms with E-state index in [0.29, 0.717) is 24.6 Å². The van der Waals surface area contributed by atoms with Crippen LogP contribution in [-0.4, -0.2) is 38.8 Å². The molecule has 0 amide bonds. The molecule has 1 aliphatic rings. The highest BCUT2D eigenvalue weighted by Gasteiger charge is 2.21. The average Bonchev–Trinajstić information content (AvgIpc) is 3.15. The SMILES string of the molecule is Cc1ccc(O)c(N=Nc2cccc(S(=O)(=O)CCC3OCCO3)c2)c1. The van der Waals surface area contributed by atoms with Crippen LogP contribution in [0.15, 0.2) is 57.6 Å². The van der Waals surface area contributed by atoms with E-state index < -0.39 is 16.1 Å². The van der Waals surface area contributed by atoms with Crippen LogP contribution < -0.4 is 0 Å². The number of aromatic hydroxyl groups is 1. The molecule has 1 heterocycles. The number of azo groups is 1. The van der Waals surface area contributed by atoms with Crippen LogP contribution in [0.3, 0.4) is 0 Å². The summed E-state index contributed by atoms with van der Waals surface area (Å²) >= 11 is 0. The monoisotopic (exact) mass is 376 g/mol. The maximum absolute atomic E-state index is 12.5. The summed E-state index contributed by atoms with van der Waals surface area (Å²) in [5.41, 5.74) is 1.65. The van der Waals surface area contributed by atoms with Crippen LogP contribution >= 0.6 is 0 Å². The molecular formula is C18H20N2O5S. The van der Waals surface area contributed by atoms with Gasteiger partial charge < -0.3 is 14.6 Å². The lowest BCUT2D eigenvalue weighted by Crippen LogP contribution is -2.15. The zero-order chi connectivity index (χ0) is 18.6. The lowest BCUT2D eigenvalue weighted by atomic mass is 10.2. The zero-order valence-corrected chi connectivity index (χ0v) is 15.1. The molecule has 1 fully saturated rings. The van der Waals surface area contributed by atoms with Crippen molar-refractivity contribution in [1.82, 2.24) is 0 Å². The van der Waals surface area contributed by atoms with E-state index in [1.807, 2.05) is 6.92 Å². The van der Waals surface area contributed by atoms with E-state index in [9.17, 15) is 13.5 Å². The Hall–Kier alpha value is -2.29. The molecule has 26 heavy (non-hydrogen) atoms. The van der Waals surface area contributed by atoms with Crippen LogP contribution in [0.1, 0.15) is 12.0 Å². The summed E-state index contributed by atoms with van der Waals surface area (Å²) in [6.07, 6.45) is -0.178. The second kappa shape index (κ2) is 7.94. The fourth-order valence-electron chi connectivity index (χ4n) is 2.51. The number of phenols is 1. The van der Waals surface area contributed by atoms with Gasteiger partial charge in [-0.25, -0.2) is 8.42 Å². The van der Waals surface area contributed by atoms with Crippen molar-refractivity contribution in [3.63, 3.8) is 0 Å². The average molecular weight is 376 g/mol. The van der Waals surface area contributed by atoms with Crippen LogP contribution in [0, 0.1) is 6.92 Å². The lowest BCUT2D eigenvalue weighted by molar-refractivity contribution is -0.0424. The Bertz CT molecular complexity index is 906. The summed E-state index contributed by atoms with van der Waals surface area (Å²) in [5, 5.41) is 17.8. The molecule has 2 aromatic carbocycles. The molecule has 138 valence electrons. The van der Waals surface area contributed by atoms with Gasteiger partial charge in [-0.1, -0.05) is 12.1 Å². The molecule has 7 nitrogen and oxygen atoms in total. The number of nitrogens with zero attached hydrogens (tertiary/aromatic N) is 2. The van der Waals surface area contributed by atoms with E-state index in [4.69, 9.17) is 9.47 Å². The van der Waals surface area contributed by atoms with Gasteiger partial charge in [0.15, 0.2) is 16.1 Å². The first-order valence-corrected chi connectivity index (χ1v) is 9.87. The minimum Gasteiger partial charge on any atom is -0.506 e. The Balaban J connectivity index is 1.74. The molecule has 0 unspecified atom stereocenters. The minimum atomic E-state index is -3.48. The Labute approximate surface area is 152 Å². The van der Waals surface area contributed by atoms with E-state index in [1.165, 1.54) is 18.2 Å². The molecule has 2 aromatic rings. The van der Waals surface area contributed by atoms with Crippen molar-refractivity contribution in [2.24, 2.45) is 10.2 Å². The standard InChI is InChI=1S/C18H20N2O5S/c1-13-5-6-17(21)16(11-13)20-19-14-3-2-4-15(12-14)26(22,23)10-7-18-24-8-9-25-18/h2-6,11-12,18,21H,7-10H2,1H3. The Kier molecular flexibility index (Phi) is 5.65. The van der Waals surface area contributed by atoms with Gasteiger partial charge >= 0.3 is 0 Å². The number of sulfone groups is 1. The van der Waals surface area contributed by atoms with Crippen molar-refractivity contribution in [2.45, 2.75) is 24.5 Å². The quantitative estimate of drug-likeness (QED) is 0.776. The maximum Gasteiger partial charge on any atom is 0.178 e. The van der Waals surface area contributed by atoms with Gasteiger partial charge in [-0.3, -0.25) is 0 Å². The third kappa shape index (κ3) is 4.66. The maximum atomic E-state index is 12.5. The number of aryl methyl sites for hydroxylation is 1. The van der Waals surface area contributed by atoms with Crippen LogP contribution in [0.4, 0.5) is 11.4 Å². The number of hydrogen-bond acceptors (Lipinski definition) is 7. The van der Waals surface area contributed by atoms with Crippen molar-refractivity contribution < 1.29 is 23.0 Å². The largest absolute Gasteiger partial charge is 0.506 e. The summed E-state index contributed by atoms with van der Waals surface area (Å²) in [4.78, 5) is 0.167. The fraction of sp³-hybridized carbons (Fsp3) is 0.333. The predicted octanol–water partition coefficient (Wildman–Crippen LogP) is 3.65. The van der Waals surface area contributed by atoms with Gasteiger partial charge in [0.05, 0.1) is 29.5 Å². The van der Waals surface area contributed by atoms with Crippen molar-refractivity contribution in [2.75, 3.05) is 19.0 Å². The molecule has 0 bridgehead atoms. The second-order valence-electron chi connectivity index (χ2n) is 5.97. The molecule has 0 aliphatic carbocycles. The number of rotatable bonds is 6. The molecule has 8 heteroatoms. The van der Waals surface area contributed by atoms with E-state index in [-0.39, 0.29) is 22.8 Å². The van der Waals surface area contributed by atoms with Gasteiger partial charge in [0.1, 0.15) is 11.4 Å². The summed E-state index contributed by atoms with van der Waals surface area (Å²) in [6.45, 7) is 2.86. The summed E-state index contributed by atoms with van der Waals surface area (Å²) in [6, 6.07) is 11.2. The van der Waals surface area contributed by atoms with Gasteiger partial charge in [-0.15, -0.1) is 5.11 Å². The summed E-state index contributed by atoms with van der Waals surface area (Å²) in [7, 11) is -3.48. The third-order valence-electron chi connectivity index (χ3n) is 3.89. The van der Waals surface area contributed by atoms with Crippen LogP contribution in [0.25, 0.3) is 0 Å². The van der Waals surface area contributed by atoms with Gasteiger partial charge in [0, 0.05) is 6.42 Å².